The molecule has 0 amide bonds. The summed E-state index contributed by atoms with van der Waals surface area (Å²) < 4.78 is 12.1. The fourth-order valence-electron chi connectivity index (χ4n) is 10.3. The Bertz CT molecular complexity index is 3590. The number of hydrogen-bond donors (Lipinski definition) is 0. The number of hydrogen-bond acceptors (Lipinski definition) is 2. The van der Waals surface area contributed by atoms with Gasteiger partial charge in [-0.05, 0) is 113 Å². The SMILES string of the molecule is c1ccc(-c2ccc(N(c3ccc(-c4ccccc4)cc3)c3ccc(-n4c5c(c6ccccc64)CCc4c-5oc5c4ccc4c6ccccc6n(-c6ccccc6)c45)cc3)cc2)cc1. The first kappa shape index (κ1) is 36.3. The van der Waals surface area contributed by atoms with Gasteiger partial charge in [-0.1, -0.05) is 152 Å². The molecule has 1 aliphatic rings. The van der Waals surface area contributed by atoms with Crippen molar-refractivity contribution < 1.29 is 4.42 Å². The predicted molar refractivity (Wildman–Crippen MR) is 266 cm³/mol. The lowest BCUT2D eigenvalue weighted by molar-refractivity contribution is 0.618. The van der Waals surface area contributed by atoms with E-state index in [1.54, 1.807) is 0 Å². The van der Waals surface area contributed by atoms with Crippen molar-refractivity contribution >= 4 is 60.7 Å². The molecule has 0 radical (unpaired) electrons. The minimum absolute atomic E-state index is 0.917. The Morgan fingerprint density at radius 2 is 0.797 bits per heavy atom. The van der Waals surface area contributed by atoms with Crippen LogP contribution in [-0.2, 0) is 12.8 Å². The first-order chi connectivity index (χ1) is 31.8. The van der Waals surface area contributed by atoms with Crippen molar-refractivity contribution in [2.24, 2.45) is 0 Å². The smallest absolute Gasteiger partial charge is 0.159 e. The Morgan fingerprint density at radius 1 is 0.344 bits per heavy atom. The van der Waals surface area contributed by atoms with Gasteiger partial charge in [-0.3, -0.25) is 0 Å². The number of aromatic nitrogens is 2. The van der Waals surface area contributed by atoms with E-state index in [-0.39, 0.29) is 0 Å². The monoisotopic (exact) mass is 819 g/mol. The van der Waals surface area contributed by atoms with E-state index in [0.29, 0.717) is 0 Å². The number of aryl methyl sites for hydroxylation is 2. The molecule has 0 saturated heterocycles. The number of anilines is 3. The summed E-state index contributed by atoms with van der Waals surface area (Å²) >= 11 is 0. The molecule has 0 bridgehead atoms. The molecule has 0 aliphatic heterocycles. The van der Waals surface area contributed by atoms with E-state index in [1.807, 2.05) is 0 Å². The molecule has 0 fully saturated rings. The molecule has 12 aromatic rings. The van der Waals surface area contributed by atoms with Crippen molar-refractivity contribution in [1.82, 2.24) is 9.13 Å². The number of para-hydroxylation sites is 3. The lowest BCUT2D eigenvalue weighted by atomic mass is 9.92. The molecule has 302 valence electrons. The van der Waals surface area contributed by atoms with Crippen LogP contribution in [0, 0.1) is 0 Å². The number of rotatable bonds is 7. The number of nitrogens with zero attached hydrogens (tertiary/aromatic N) is 3. The molecule has 64 heavy (non-hydrogen) atoms. The van der Waals surface area contributed by atoms with E-state index in [0.717, 1.165) is 63.8 Å². The third kappa shape index (κ3) is 5.69. The van der Waals surface area contributed by atoms with Gasteiger partial charge in [-0.2, -0.15) is 0 Å². The molecule has 4 heteroatoms. The molecule has 0 N–H and O–H groups in total. The van der Waals surface area contributed by atoms with Crippen molar-refractivity contribution in [3.63, 3.8) is 0 Å². The van der Waals surface area contributed by atoms with E-state index in [1.165, 1.54) is 66.0 Å². The third-order valence-electron chi connectivity index (χ3n) is 13.3. The lowest BCUT2D eigenvalue weighted by Crippen LogP contribution is -2.10. The molecule has 0 unspecified atom stereocenters. The Morgan fingerprint density at radius 3 is 1.41 bits per heavy atom. The van der Waals surface area contributed by atoms with E-state index >= 15 is 0 Å². The molecular formula is C60H41N3O. The largest absolute Gasteiger partial charge is 0.452 e. The van der Waals surface area contributed by atoms with Crippen LogP contribution in [0.5, 0.6) is 0 Å². The summed E-state index contributed by atoms with van der Waals surface area (Å²) in [6.07, 6.45) is 1.86. The van der Waals surface area contributed by atoms with Gasteiger partial charge in [0.05, 0.1) is 22.2 Å². The van der Waals surface area contributed by atoms with Gasteiger partial charge in [0.1, 0.15) is 0 Å². The second kappa shape index (κ2) is 14.6. The Hall–Kier alpha value is -8.34. The van der Waals surface area contributed by atoms with Crippen LogP contribution in [0.1, 0.15) is 11.1 Å². The van der Waals surface area contributed by atoms with Crippen molar-refractivity contribution in [3.8, 4) is 45.1 Å². The summed E-state index contributed by atoms with van der Waals surface area (Å²) in [5.74, 6) is 0.965. The highest BCUT2D eigenvalue weighted by Crippen LogP contribution is 2.48. The Kier molecular flexibility index (Phi) is 8.31. The van der Waals surface area contributed by atoms with Crippen LogP contribution in [0.4, 0.5) is 17.1 Å². The van der Waals surface area contributed by atoms with Crippen LogP contribution < -0.4 is 4.90 Å². The minimum Gasteiger partial charge on any atom is -0.452 e. The maximum absolute atomic E-state index is 7.32. The number of fused-ring (bicyclic) bond motifs is 11. The van der Waals surface area contributed by atoms with Gasteiger partial charge in [0.25, 0.3) is 0 Å². The van der Waals surface area contributed by atoms with Gasteiger partial charge in [0.2, 0.25) is 0 Å². The Labute approximate surface area is 371 Å². The highest BCUT2D eigenvalue weighted by molar-refractivity contribution is 6.18. The van der Waals surface area contributed by atoms with Crippen LogP contribution in [0.25, 0.3) is 88.8 Å². The van der Waals surface area contributed by atoms with E-state index in [2.05, 4.69) is 238 Å². The second-order valence-corrected chi connectivity index (χ2v) is 16.8. The first-order valence-electron chi connectivity index (χ1n) is 22.1. The van der Waals surface area contributed by atoms with Crippen molar-refractivity contribution in [3.05, 3.63) is 236 Å². The van der Waals surface area contributed by atoms with Gasteiger partial charge in [0.15, 0.2) is 11.3 Å². The summed E-state index contributed by atoms with van der Waals surface area (Å²) in [7, 11) is 0. The van der Waals surface area contributed by atoms with Gasteiger partial charge >= 0.3 is 0 Å². The van der Waals surface area contributed by atoms with E-state index < -0.39 is 0 Å². The maximum Gasteiger partial charge on any atom is 0.159 e. The van der Waals surface area contributed by atoms with Crippen molar-refractivity contribution in [2.75, 3.05) is 4.90 Å². The average molecular weight is 820 g/mol. The van der Waals surface area contributed by atoms with Crippen LogP contribution in [-0.4, -0.2) is 9.13 Å². The third-order valence-corrected chi connectivity index (χ3v) is 13.3. The fraction of sp³-hybridized carbons (Fsp3) is 0.0333. The average Bonchev–Trinajstić information content (AvgIpc) is 4.04. The molecule has 0 saturated carbocycles. The molecule has 3 aromatic heterocycles. The second-order valence-electron chi connectivity index (χ2n) is 16.8. The van der Waals surface area contributed by atoms with Gasteiger partial charge in [0, 0.05) is 55.5 Å². The zero-order chi connectivity index (χ0) is 42.1. The number of benzene rings is 9. The van der Waals surface area contributed by atoms with Crippen molar-refractivity contribution in [1.29, 1.82) is 0 Å². The number of furan rings is 1. The molecule has 1 aliphatic carbocycles. The van der Waals surface area contributed by atoms with Gasteiger partial charge < -0.3 is 18.5 Å². The van der Waals surface area contributed by atoms with E-state index in [4.69, 9.17) is 4.42 Å². The highest BCUT2D eigenvalue weighted by Gasteiger charge is 2.31. The minimum atomic E-state index is 0.917. The first-order valence-corrected chi connectivity index (χ1v) is 22.1. The molecule has 9 aromatic carbocycles. The quantitative estimate of drug-likeness (QED) is 0.160. The fourth-order valence-corrected chi connectivity index (χ4v) is 10.3. The summed E-state index contributed by atoms with van der Waals surface area (Å²) in [5, 5.41) is 4.88. The molecule has 13 rings (SSSR count). The predicted octanol–water partition coefficient (Wildman–Crippen LogP) is 16.0. The van der Waals surface area contributed by atoms with Gasteiger partial charge in [-0.15, -0.1) is 0 Å². The van der Waals surface area contributed by atoms with Crippen LogP contribution in [0.3, 0.4) is 0 Å². The maximum atomic E-state index is 7.32. The summed E-state index contributed by atoms with van der Waals surface area (Å²) in [5.41, 5.74) is 18.4. The topological polar surface area (TPSA) is 26.2 Å². The van der Waals surface area contributed by atoms with Crippen LogP contribution >= 0.6 is 0 Å². The zero-order valence-electron chi connectivity index (χ0n) is 35.0. The van der Waals surface area contributed by atoms with Gasteiger partial charge in [-0.25, -0.2) is 0 Å². The standard InChI is InChI=1S/C60H41N3O/c1-4-14-40(15-5-1)42-24-28-45(29-25-42)61(46-30-26-43(27-31-46)41-16-6-2-7-17-41)47-32-34-48(35-33-47)63-56-23-13-11-21-50(56)52-37-39-54-53-38-36-51-49-20-10-12-22-55(49)62(44-18-8-3-9-19-44)57(51)59(53)64-60(54)58(52)63/h1-36,38H,37,39H2. The Balaban J connectivity index is 0.964. The molecular weight excluding hydrogens is 779 g/mol. The van der Waals surface area contributed by atoms with Crippen LogP contribution in [0.2, 0.25) is 0 Å². The van der Waals surface area contributed by atoms with Crippen LogP contribution in [0.15, 0.2) is 229 Å². The van der Waals surface area contributed by atoms with E-state index in [9.17, 15) is 0 Å². The summed E-state index contributed by atoms with van der Waals surface area (Å²) in [6.45, 7) is 0. The molecule has 0 atom stereocenters. The summed E-state index contributed by atoms with van der Waals surface area (Å²) in [4.78, 5) is 2.35. The lowest BCUT2D eigenvalue weighted by Gasteiger charge is -2.26. The summed E-state index contributed by atoms with van der Waals surface area (Å²) in [6, 6.07) is 80.9. The highest BCUT2D eigenvalue weighted by atomic mass is 16.3. The normalized spacial score (nSPS) is 12.2. The molecule has 3 heterocycles. The molecule has 0 spiro atoms. The molecule has 4 nitrogen and oxygen atoms in total. The van der Waals surface area contributed by atoms with Crippen molar-refractivity contribution in [2.45, 2.75) is 12.8 Å². The zero-order valence-corrected chi connectivity index (χ0v) is 35.0.